The summed E-state index contributed by atoms with van der Waals surface area (Å²) in [5.41, 5.74) is 0.947. The summed E-state index contributed by atoms with van der Waals surface area (Å²) in [5, 5.41) is 4.09. The van der Waals surface area contributed by atoms with E-state index < -0.39 is 0 Å². The summed E-state index contributed by atoms with van der Waals surface area (Å²) in [7, 11) is 3.96. The number of benzene rings is 1. The maximum Gasteiger partial charge on any atom is 0.202 e. The molecule has 1 heterocycles. The van der Waals surface area contributed by atoms with Gasteiger partial charge in [0, 0.05) is 24.5 Å². The Labute approximate surface area is 122 Å². The lowest BCUT2D eigenvalue weighted by molar-refractivity contribution is 0.311. The third kappa shape index (κ3) is 3.74. The first-order valence-corrected chi connectivity index (χ1v) is 7.36. The number of hydrogen-bond acceptors (Lipinski definition) is 5. The van der Waals surface area contributed by atoms with Gasteiger partial charge < -0.3 is 10.2 Å². The molecule has 6 heteroatoms. The minimum Gasteiger partial charge on any atom is -0.358 e. The molecule has 0 bridgehead atoms. The molecule has 4 nitrogen and oxygen atoms in total. The quantitative estimate of drug-likeness (QED) is 0.889. The van der Waals surface area contributed by atoms with E-state index in [0.717, 1.165) is 22.9 Å². The number of nitrogens with zero attached hydrogens (tertiary/aromatic N) is 3. The Kier molecular flexibility index (Phi) is 5.03. The second-order valence-corrected chi connectivity index (χ2v) is 5.54. The summed E-state index contributed by atoms with van der Waals surface area (Å²) in [6, 6.07) is 6.79. The first-order valence-electron chi connectivity index (χ1n) is 6.58. The van der Waals surface area contributed by atoms with Crippen LogP contribution in [0.4, 0.5) is 9.52 Å². The summed E-state index contributed by atoms with van der Waals surface area (Å²) in [4.78, 5) is 6.43. The number of anilines is 1. The third-order valence-corrected chi connectivity index (χ3v) is 3.80. The zero-order valence-electron chi connectivity index (χ0n) is 11.9. The van der Waals surface area contributed by atoms with E-state index in [1.807, 2.05) is 27.1 Å². The van der Waals surface area contributed by atoms with E-state index in [0.29, 0.717) is 6.54 Å². The number of aromatic nitrogens is 2. The first-order chi connectivity index (χ1) is 9.60. The smallest absolute Gasteiger partial charge is 0.202 e. The molecular weight excluding hydrogens is 275 g/mol. The van der Waals surface area contributed by atoms with Crippen LogP contribution in [0.2, 0.25) is 0 Å². The summed E-state index contributed by atoms with van der Waals surface area (Å²) in [6.45, 7) is 2.69. The highest BCUT2D eigenvalue weighted by Gasteiger charge is 2.15. The zero-order valence-corrected chi connectivity index (χ0v) is 12.7. The molecule has 1 aromatic heterocycles. The molecule has 0 saturated carbocycles. The van der Waals surface area contributed by atoms with Crippen LogP contribution in [0.15, 0.2) is 24.3 Å². The molecule has 1 aromatic carbocycles. The molecule has 0 fully saturated rings. The van der Waals surface area contributed by atoms with Crippen LogP contribution in [-0.2, 0) is 6.42 Å². The summed E-state index contributed by atoms with van der Waals surface area (Å²) in [6.07, 6.45) is 0.833. The molecule has 0 amide bonds. The van der Waals surface area contributed by atoms with Crippen LogP contribution in [0.3, 0.4) is 0 Å². The van der Waals surface area contributed by atoms with Gasteiger partial charge in [0.05, 0.1) is 6.04 Å². The fourth-order valence-electron chi connectivity index (χ4n) is 1.97. The van der Waals surface area contributed by atoms with Gasteiger partial charge in [0.2, 0.25) is 5.13 Å². The molecule has 1 atom stereocenters. The van der Waals surface area contributed by atoms with Gasteiger partial charge in [0.15, 0.2) is 0 Å². The molecule has 1 unspecified atom stereocenters. The standard InChI is InChI=1S/C14H19FN4S/c1-4-13-17-14(20-18-13)16-9-12(19(2)3)10-6-5-7-11(15)8-10/h5-8,12H,4,9H2,1-3H3,(H,16,17,18). The largest absolute Gasteiger partial charge is 0.358 e. The van der Waals surface area contributed by atoms with Gasteiger partial charge in [0.25, 0.3) is 0 Å². The van der Waals surface area contributed by atoms with Gasteiger partial charge in [-0.05, 0) is 31.8 Å². The molecule has 20 heavy (non-hydrogen) atoms. The van der Waals surface area contributed by atoms with Crippen LogP contribution in [0, 0.1) is 5.82 Å². The zero-order chi connectivity index (χ0) is 14.5. The number of aryl methyl sites for hydroxylation is 1. The average Bonchev–Trinajstić information content (AvgIpc) is 2.87. The van der Waals surface area contributed by atoms with Gasteiger partial charge in [-0.1, -0.05) is 19.1 Å². The van der Waals surface area contributed by atoms with Crippen molar-refractivity contribution in [2.24, 2.45) is 0 Å². The fourth-order valence-corrected chi connectivity index (χ4v) is 2.62. The SMILES string of the molecule is CCc1nsc(NCC(c2cccc(F)c2)N(C)C)n1. The molecule has 0 saturated heterocycles. The van der Waals surface area contributed by atoms with Crippen molar-refractivity contribution in [1.29, 1.82) is 0 Å². The fraction of sp³-hybridized carbons (Fsp3) is 0.429. The third-order valence-electron chi connectivity index (χ3n) is 3.09. The Balaban J connectivity index is 2.06. The predicted molar refractivity (Wildman–Crippen MR) is 80.6 cm³/mol. The van der Waals surface area contributed by atoms with Crippen molar-refractivity contribution in [1.82, 2.24) is 14.3 Å². The van der Waals surface area contributed by atoms with E-state index >= 15 is 0 Å². The Morgan fingerprint density at radius 1 is 1.40 bits per heavy atom. The molecule has 0 aliphatic rings. The highest BCUT2D eigenvalue weighted by atomic mass is 32.1. The predicted octanol–water partition coefficient (Wildman–Crippen LogP) is 2.95. The monoisotopic (exact) mass is 294 g/mol. The van der Waals surface area contributed by atoms with Crippen LogP contribution in [-0.4, -0.2) is 34.9 Å². The minimum atomic E-state index is -0.210. The van der Waals surface area contributed by atoms with Crippen molar-refractivity contribution in [2.45, 2.75) is 19.4 Å². The lowest BCUT2D eigenvalue weighted by Gasteiger charge is -2.24. The topological polar surface area (TPSA) is 41.1 Å². The summed E-state index contributed by atoms with van der Waals surface area (Å²) >= 11 is 1.36. The van der Waals surface area contributed by atoms with Gasteiger partial charge in [-0.3, -0.25) is 0 Å². The van der Waals surface area contributed by atoms with Crippen molar-refractivity contribution in [3.05, 3.63) is 41.5 Å². The van der Waals surface area contributed by atoms with E-state index in [1.165, 1.54) is 17.6 Å². The van der Waals surface area contributed by atoms with Crippen molar-refractivity contribution >= 4 is 16.7 Å². The molecule has 2 aromatic rings. The Bertz CT molecular complexity index is 556. The summed E-state index contributed by atoms with van der Waals surface area (Å²) in [5.74, 6) is 0.642. The highest BCUT2D eigenvalue weighted by Crippen LogP contribution is 2.20. The molecule has 108 valence electrons. The molecule has 1 N–H and O–H groups in total. The number of nitrogens with one attached hydrogen (secondary N) is 1. The van der Waals surface area contributed by atoms with Crippen LogP contribution in [0.25, 0.3) is 0 Å². The lowest BCUT2D eigenvalue weighted by atomic mass is 10.1. The van der Waals surface area contributed by atoms with Gasteiger partial charge in [0.1, 0.15) is 11.6 Å². The first kappa shape index (κ1) is 14.9. The Hall–Kier alpha value is -1.53. The van der Waals surface area contributed by atoms with Crippen molar-refractivity contribution < 1.29 is 4.39 Å². The maximum absolute atomic E-state index is 13.3. The second kappa shape index (κ2) is 6.76. The van der Waals surface area contributed by atoms with E-state index in [4.69, 9.17) is 0 Å². The Morgan fingerprint density at radius 2 is 2.20 bits per heavy atom. The van der Waals surface area contributed by atoms with Gasteiger partial charge in [-0.25, -0.2) is 9.37 Å². The highest BCUT2D eigenvalue weighted by molar-refractivity contribution is 7.09. The van der Waals surface area contributed by atoms with Crippen LogP contribution in [0.1, 0.15) is 24.4 Å². The Morgan fingerprint density at radius 3 is 2.80 bits per heavy atom. The normalized spacial score (nSPS) is 12.7. The average molecular weight is 294 g/mol. The number of halogens is 1. The molecule has 0 aliphatic carbocycles. The molecular formula is C14H19FN4S. The van der Waals surface area contributed by atoms with Crippen LogP contribution in [0.5, 0.6) is 0 Å². The minimum absolute atomic E-state index is 0.0830. The summed E-state index contributed by atoms with van der Waals surface area (Å²) < 4.78 is 17.6. The molecule has 0 radical (unpaired) electrons. The van der Waals surface area contributed by atoms with E-state index in [9.17, 15) is 4.39 Å². The number of rotatable bonds is 6. The van der Waals surface area contributed by atoms with Crippen molar-refractivity contribution in [3.63, 3.8) is 0 Å². The van der Waals surface area contributed by atoms with Crippen LogP contribution < -0.4 is 5.32 Å². The van der Waals surface area contributed by atoms with Crippen molar-refractivity contribution in [3.8, 4) is 0 Å². The maximum atomic E-state index is 13.3. The van der Waals surface area contributed by atoms with E-state index in [1.54, 1.807) is 12.1 Å². The lowest BCUT2D eigenvalue weighted by Crippen LogP contribution is -2.26. The van der Waals surface area contributed by atoms with Gasteiger partial charge in [-0.15, -0.1) is 0 Å². The van der Waals surface area contributed by atoms with Crippen LogP contribution >= 0.6 is 11.5 Å². The number of likely N-dealkylation sites (N-methyl/N-ethyl adjacent to an activating group) is 1. The van der Waals surface area contributed by atoms with Gasteiger partial charge >= 0.3 is 0 Å². The van der Waals surface area contributed by atoms with E-state index in [2.05, 4.69) is 19.6 Å². The molecule has 2 rings (SSSR count). The molecule has 0 aliphatic heterocycles. The van der Waals surface area contributed by atoms with E-state index in [-0.39, 0.29) is 11.9 Å². The number of hydrogen-bond donors (Lipinski definition) is 1. The second-order valence-electron chi connectivity index (χ2n) is 4.78. The molecule has 0 spiro atoms. The van der Waals surface area contributed by atoms with Crippen molar-refractivity contribution in [2.75, 3.05) is 26.0 Å². The van der Waals surface area contributed by atoms with Gasteiger partial charge in [-0.2, -0.15) is 4.37 Å².